The van der Waals surface area contributed by atoms with E-state index in [0.29, 0.717) is 62.4 Å². The molecular weight excluding hydrogens is 453 g/mol. The van der Waals surface area contributed by atoms with E-state index >= 15 is 0 Å². The molecule has 1 heterocycles. The maximum atomic E-state index is 13.2. The third-order valence-electron chi connectivity index (χ3n) is 6.14. The van der Waals surface area contributed by atoms with E-state index in [9.17, 15) is 18.8 Å². The molecule has 2 N–H and O–H groups in total. The van der Waals surface area contributed by atoms with E-state index in [0.717, 1.165) is 0 Å². The van der Waals surface area contributed by atoms with Gasteiger partial charge in [0.1, 0.15) is 17.6 Å². The highest BCUT2D eigenvalue weighted by Crippen LogP contribution is 2.23. The van der Waals surface area contributed by atoms with E-state index in [-0.39, 0.29) is 23.6 Å². The molecule has 0 aromatic heterocycles. The maximum absolute atomic E-state index is 13.2. The normalized spacial score (nSPS) is 14.8. The summed E-state index contributed by atoms with van der Waals surface area (Å²) in [6.45, 7) is 1.83. The Morgan fingerprint density at radius 1 is 1.00 bits per heavy atom. The molecule has 2 aromatic rings. The van der Waals surface area contributed by atoms with Gasteiger partial charge in [0, 0.05) is 44.5 Å². The van der Waals surface area contributed by atoms with Gasteiger partial charge >= 0.3 is 0 Å². The summed E-state index contributed by atoms with van der Waals surface area (Å²) < 4.78 is 23.4. The molecule has 2 aromatic carbocycles. The predicted octanol–water partition coefficient (Wildman–Crippen LogP) is 2.64. The lowest BCUT2D eigenvalue weighted by atomic mass is 9.88. The zero-order chi connectivity index (χ0) is 25.2. The average Bonchev–Trinajstić information content (AvgIpc) is 2.89. The maximum Gasteiger partial charge on any atom is 0.253 e. The highest BCUT2D eigenvalue weighted by molar-refractivity contribution is 5.98. The molecule has 35 heavy (non-hydrogen) atoms. The van der Waals surface area contributed by atoms with E-state index in [1.165, 1.54) is 24.3 Å². The Hall–Kier alpha value is -3.46. The molecular formula is C26H32FN3O5. The Balaban J connectivity index is 1.66. The number of carbonyl (C=O) groups excluding carboxylic acids is 3. The van der Waals surface area contributed by atoms with E-state index in [4.69, 9.17) is 9.47 Å². The van der Waals surface area contributed by atoms with Crippen LogP contribution in [-0.4, -0.2) is 69.1 Å². The lowest BCUT2D eigenvalue weighted by molar-refractivity contribution is -0.124. The highest BCUT2D eigenvalue weighted by atomic mass is 19.1. The third-order valence-corrected chi connectivity index (χ3v) is 6.14. The molecule has 1 atom stereocenters. The van der Waals surface area contributed by atoms with Crippen molar-refractivity contribution in [2.75, 3.05) is 40.5 Å². The van der Waals surface area contributed by atoms with Gasteiger partial charge in [-0.15, -0.1) is 0 Å². The Bertz CT molecular complexity index is 989. The van der Waals surface area contributed by atoms with Gasteiger partial charge in [-0.3, -0.25) is 14.4 Å². The van der Waals surface area contributed by atoms with Gasteiger partial charge in [0.25, 0.3) is 11.8 Å². The Morgan fingerprint density at radius 3 is 2.23 bits per heavy atom. The fourth-order valence-electron chi connectivity index (χ4n) is 4.11. The van der Waals surface area contributed by atoms with Crippen molar-refractivity contribution in [1.29, 1.82) is 0 Å². The molecule has 1 fully saturated rings. The van der Waals surface area contributed by atoms with Crippen LogP contribution in [0, 0.1) is 11.7 Å². The number of hydrogen-bond donors (Lipinski definition) is 2. The number of carbonyl (C=O) groups is 3. The van der Waals surface area contributed by atoms with Crippen LogP contribution in [0.5, 0.6) is 5.75 Å². The van der Waals surface area contributed by atoms with Crippen LogP contribution in [0.3, 0.4) is 0 Å². The van der Waals surface area contributed by atoms with Gasteiger partial charge < -0.3 is 25.0 Å². The zero-order valence-electron chi connectivity index (χ0n) is 20.1. The number of halogens is 1. The number of ether oxygens (including phenoxy) is 2. The standard InChI is InChI=1S/C26H32FN3O5/c1-34-17-3-14-28-25(32)23(29-24(31)19-6-10-22(35-2)11-7-19)18-12-15-30(16-13-18)26(33)20-4-8-21(27)9-5-20/h4-11,18,23H,3,12-17H2,1-2H3,(H,28,32)(H,29,31). The molecule has 0 aliphatic carbocycles. The minimum absolute atomic E-state index is 0.142. The Labute approximate surface area is 204 Å². The molecule has 3 rings (SSSR count). The van der Waals surface area contributed by atoms with Crippen LogP contribution < -0.4 is 15.4 Å². The lowest BCUT2D eigenvalue weighted by Gasteiger charge is -2.36. The smallest absolute Gasteiger partial charge is 0.253 e. The fraction of sp³-hybridized carbons (Fsp3) is 0.423. The highest BCUT2D eigenvalue weighted by Gasteiger charge is 2.34. The van der Waals surface area contributed by atoms with Gasteiger partial charge in [-0.05, 0) is 73.7 Å². The molecule has 0 bridgehead atoms. The largest absolute Gasteiger partial charge is 0.497 e. The van der Waals surface area contributed by atoms with E-state index < -0.39 is 11.9 Å². The number of nitrogens with zero attached hydrogens (tertiary/aromatic N) is 1. The first-order valence-corrected chi connectivity index (χ1v) is 11.7. The van der Waals surface area contributed by atoms with E-state index in [1.54, 1.807) is 43.4 Å². The van der Waals surface area contributed by atoms with Gasteiger partial charge in [0.15, 0.2) is 0 Å². The molecule has 1 aliphatic rings. The Kier molecular flexibility index (Phi) is 9.60. The van der Waals surface area contributed by atoms with Crippen molar-refractivity contribution in [3.8, 4) is 5.75 Å². The number of rotatable bonds is 10. The van der Waals surface area contributed by atoms with Crippen molar-refractivity contribution in [2.45, 2.75) is 25.3 Å². The Morgan fingerprint density at radius 2 is 1.63 bits per heavy atom. The van der Waals surface area contributed by atoms with Crippen molar-refractivity contribution in [3.05, 3.63) is 65.5 Å². The number of nitrogens with one attached hydrogen (secondary N) is 2. The molecule has 1 unspecified atom stereocenters. The van der Waals surface area contributed by atoms with Crippen LogP contribution in [-0.2, 0) is 9.53 Å². The first kappa shape index (κ1) is 26.2. The topological polar surface area (TPSA) is 97.0 Å². The van der Waals surface area contributed by atoms with Crippen molar-refractivity contribution in [3.63, 3.8) is 0 Å². The second-order valence-electron chi connectivity index (χ2n) is 8.45. The summed E-state index contributed by atoms with van der Waals surface area (Å²) in [7, 11) is 3.15. The van der Waals surface area contributed by atoms with Gasteiger partial charge in [-0.25, -0.2) is 4.39 Å². The molecule has 1 aliphatic heterocycles. The van der Waals surface area contributed by atoms with Crippen molar-refractivity contribution >= 4 is 17.7 Å². The second kappa shape index (κ2) is 12.9. The number of hydrogen-bond acceptors (Lipinski definition) is 5. The summed E-state index contributed by atoms with van der Waals surface area (Å²) in [6.07, 6.45) is 1.75. The molecule has 3 amide bonds. The summed E-state index contributed by atoms with van der Waals surface area (Å²) in [5, 5.41) is 5.78. The van der Waals surface area contributed by atoms with Gasteiger partial charge in [-0.1, -0.05) is 0 Å². The lowest BCUT2D eigenvalue weighted by Crippen LogP contribution is -2.54. The van der Waals surface area contributed by atoms with Crippen LogP contribution in [0.15, 0.2) is 48.5 Å². The first-order valence-electron chi connectivity index (χ1n) is 11.7. The molecule has 0 radical (unpaired) electrons. The van der Waals surface area contributed by atoms with Crippen LogP contribution in [0.25, 0.3) is 0 Å². The average molecular weight is 486 g/mol. The van der Waals surface area contributed by atoms with Gasteiger partial charge in [0.05, 0.1) is 7.11 Å². The third kappa shape index (κ3) is 7.26. The monoisotopic (exact) mass is 485 g/mol. The van der Waals surface area contributed by atoms with Gasteiger partial charge in [-0.2, -0.15) is 0 Å². The van der Waals surface area contributed by atoms with Crippen molar-refractivity contribution < 1.29 is 28.2 Å². The van der Waals surface area contributed by atoms with Gasteiger partial charge in [0.2, 0.25) is 5.91 Å². The minimum Gasteiger partial charge on any atom is -0.497 e. The summed E-state index contributed by atoms with van der Waals surface area (Å²) >= 11 is 0. The second-order valence-corrected chi connectivity index (χ2v) is 8.45. The number of methoxy groups -OCH3 is 2. The van der Waals surface area contributed by atoms with E-state index in [1.807, 2.05) is 0 Å². The first-order chi connectivity index (χ1) is 16.9. The molecule has 1 saturated heterocycles. The zero-order valence-corrected chi connectivity index (χ0v) is 20.1. The minimum atomic E-state index is -0.741. The molecule has 0 saturated carbocycles. The molecule has 9 heteroatoms. The number of likely N-dealkylation sites (tertiary alicyclic amines) is 1. The van der Waals surface area contributed by atoms with Crippen LogP contribution in [0.1, 0.15) is 40.0 Å². The number of piperidine rings is 1. The van der Waals surface area contributed by atoms with E-state index in [2.05, 4.69) is 10.6 Å². The summed E-state index contributed by atoms with van der Waals surface area (Å²) in [4.78, 5) is 40.4. The van der Waals surface area contributed by atoms with Crippen LogP contribution in [0.2, 0.25) is 0 Å². The molecule has 188 valence electrons. The quantitative estimate of drug-likeness (QED) is 0.505. The summed E-state index contributed by atoms with van der Waals surface area (Å²) in [6, 6.07) is 11.4. The predicted molar refractivity (Wildman–Crippen MR) is 129 cm³/mol. The fourth-order valence-corrected chi connectivity index (χ4v) is 4.11. The number of amides is 3. The summed E-state index contributed by atoms with van der Waals surface area (Å²) in [5.74, 6) is -0.691. The van der Waals surface area contributed by atoms with Crippen LogP contribution >= 0.6 is 0 Å². The summed E-state index contributed by atoms with van der Waals surface area (Å²) in [5.41, 5.74) is 0.844. The van der Waals surface area contributed by atoms with Crippen molar-refractivity contribution in [2.24, 2.45) is 5.92 Å². The molecule has 0 spiro atoms. The van der Waals surface area contributed by atoms with Crippen LogP contribution in [0.4, 0.5) is 4.39 Å². The SMILES string of the molecule is COCCCNC(=O)C(NC(=O)c1ccc(OC)cc1)C1CCN(C(=O)c2ccc(F)cc2)CC1. The van der Waals surface area contributed by atoms with Crippen molar-refractivity contribution in [1.82, 2.24) is 15.5 Å². The molecule has 8 nitrogen and oxygen atoms in total. The number of benzene rings is 2.